The molecule has 0 aliphatic heterocycles. The van der Waals surface area contributed by atoms with Gasteiger partial charge in [-0.1, -0.05) is 30.7 Å². The summed E-state index contributed by atoms with van der Waals surface area (Å²) in [6.07, 6.45) is -5.45. The van der Waals surface area contributed by atoms with Gasteiger partial charge in [-0.2, -0.15) is 13.2 Å². The van der Waals surface area contributed by atoms with Gasteiger partial charge in [0.2, 0.25) is 0 Å². The first-order valence-electron chi connectivity index (χ1n) is 5.52. The van der Waals surface area contributed by atoms with Crippen molar-refractivity contribution in [1.82, 2.24) is 5.32 Å². The van der Waals surface area contributed by atoms with Crippen LogP contribution in [0.15, 0.2) is 24.3 Å². The minimum atomic E-state index is -5.17. The third kappa shape index (κ3) is 3.22. The molecule has 0 aliphatic carbocycles. The van der Waals surface area contributed by atoms with Gasteiger partial charge >= 0.3 is 18.1 Å². The Bertz CT molecular complexity index is 533. The van der Waals surface area contributed by atoms with Crippen LogP contribution in [0.2, 0.25) is 5.02 Å². The lowest BCUT2D eigenvalue weighted by Crippen LogP contribution is -2.55. The molecule has 110 valence electrons. The summed E-state index contributed by atoms with van der Waals surface area (Å²) in [6.45, 7) is 1.35. The first-order valence-corrected chi connectivity index (χ1v) is 5.90. The van der Waals surface area contributed by atoms with E-state index in [2.05, 4.69) is 0 Å². The van der Waals surface area contributed by atoms with Crippen LogP contribution in [0.3, 0.4) is 0 Å². The van der Waals surface area contributed by atoms with Gasteiger partial charge < -0.3 is 10.4 Å². The van der Waals surface area contributed by atoms with Crippen LogP contribution in [0.5, 0.6) is 0 Å². The molecule has 0 saturated heterocycles. The Hall–Kier alpha value is -1.76. The molecule has 1 unspecified atom stereocenters. The number of rotatable bonds is 4. The van der Waals surface area contributed by atoms with Crippen LogP contribution in [0, 0.1) is 0 Å². The summed E-state index contributed by atoms with van der Waals surface area (Å²) in [5.41, 5.74) is -2.21. The summed E-state index contributed by atoms with van der Waals surface area (Å²) in [7, 11) is 0. The van der Waals surface area contributed by atoms with Crippen molar-refractivity contribution >= 4 is 23.5 Å². The Morgan fingerprint density at radius 2 is 1.95 bits per heavy atom. The van der Waals surface area contributed by atoms with E-state index >= 15 is 0 Å². The topological polar surface area (TPSA) is 66.4 Å². The van der Waals surface area contributed by atoms with Crippen LogP contribution in [0.4, 0.5) is 13.2 Å². The molecule has 20 heavy (non-hydrogen) atoms. The number of alkyl halides is 3. The van der Waals surface area contributed by atoms with Crippen molar-refractivity contribution in [2.45, 2.75) is 25.1 Å². The quantitative estimate of drug-likeness (QED) is 0.898. The lowest BCUT2D eigenvalue weighted by Gasteiger charge is -2.30. The standard InChI is InChI=1S/C12H11ClF3NO3/c1-2-11(10(19)20,17-9(18)12(14,15)16)7-4-3-5-8(13)6-7/h3-6H,2H2,1H3,(H,17,18)(H,19,20). The minimum absolute atomic E-state index is 0.0300. The number of carbonyl (C=O) groups excluding carboxylic acids is 1. The van der Waals surface area contributed by atoms with E-state index in [9.17, 15) is 27.9 Å². The monoisotopic (exact) mass is 309 g/mol. The lowest BCUT2D eigenvalue weighted by molar-refractivity contribution is -0.178. The number of amides is 1. The second-order valence-corrected chi connectivity index (χ2v) is 4.46. The molecule has 2 N–H and O–H groups in total. The second-order valence-electron chi connectivity index (χ2n) is 4.03. The van der Waals surface area contributed by atoms with E-state index in [0.717, 1.165) is 0 Å². The molecule has 1 atom stereocenters. The average Bonchev–Trinajstić information content (AvgIpc) is 2.34. The zero-order valence-electron chi connectivity index (χ0n) is 10.3. The molecule has 0 bridgehead atoms. The summed E-state index contributed by atoms with van der Waals surface area (Å²) in [6, 6.07) is 5.33. The zero-order chi connectivity index (χ0) is 15.6. The molecule has 1 aromatic carbocycles. The Labute approximate surface area is 117 Å². The predicted octanol–water partition coefficient (Wildman–Crippen LogP) is 2.71. The lowest BCUT2D eigenvalue weighted by atomic mass is 9.87. The van der Waals surface area contributed by atoms with Gasteiger partial charge in [-0.15, -0.1) is 0 Å². The fourth-order valence-corrected chi connectivity index (χ4v) is 1.90. The van der Waals surface area contributed by atoms with Crippen molar-refractivity contribution in [1.29, 1.82) is 0 Å². The highest BCUT2D eigenvalue weighted by atomic mass is 35.5. The van der Waals surface area contributed by atoms with Crippen molar-refractivity contribution in [2.24, 2.45) is 0 Å². The van der Waals surface area contributed by atoms with Crippen LogP contribution in [0.25, 0.3) is 0 Å². The molecule has 0 heterocycles. The summed E-state index contributed by atoms with van der Waals surface area (Å²) in [5, 5.41) is 11.0. The highest BCUT2D eigenvalue weighted by molar-refractivity contribution is 6.30. The summed E-state index contributed by atoms with van der Waals surface area (Å²) in [4.78, 5) is 22.5. The van der Waals surface area contributed by atoms with E-state index < -0.39 is 23.6 Å². The molecule has 1 amide bonds. The van der Waals surface area contributed by atoms with E-state index in [1.54, 1.807) is 5.32 Å². The third-order valence-corrected chi connectivity index (χ3v) is 3.03. The van der Waals surface area contributed by atoms with Crippen LogP contribution in [-0.2, 0) is 15.1 Å². The van der Waals surface area contributed by atoms with E-state index in [1.807, 2.05) is 0 Å². The van der Waals surface area contributed by atoms with Gasteiger partial charge in [0, 0.05) is 5.02 Å². The van der Waals surface area contributed by atoms with Crippen LogP contribution in [-0.4, -0.2) is 23.2 Å². The van der Waals surface area contributed by atoms with Gasteiger partial charge in [0.15, 0.2) is 5.54 Å². The van der Waals surface area contributed by atoms with Crippen LogP contribution >= 0.6 is 11.6 Å². The van der Waals surface area contributed by atoms with Gasteiger partial charge in [0.05, 0.1) is 0 Å². The molecular formula is C12H11ClF3NO3. The van der Waals surface area contributed by atoms with Gasteiger partial charge in [0.1, 0.15) is 0 Å². The Morgan fingerprint density at radius 1 is 1.35 bits per heavy atom. The molecule has 0 spiro atoms. The zero-order valence-corrected chi connectivity index (χ0v) is 11.0. The number of carbonyl (C=O) groups is 2. The predicted molar refractivity (Wildman–Crippen MR) is 65.3 cm³/mol. The van der Waals surface area contributed by atoms with Gasteiger partial charge in [0.25, 0.3) is 0 Å². The molecule has 4 nitrogen and oxygen atoms in total. The smallest absolute Gasteiger partial charge is 0.471 e. The number of aliphatic carboxylic acids is 1. The van der Waals surface area contributed by atoms with Gasteiger partial charge in [-0.25, -0.2) is 4.79 Å². The normalized spacial score (nSPS) is 14.4. The van der Waals surface area contributed by atoms with E-state index in [4.69, 9.17) is 11.6 Å². The van der Waals surface area contributed by atoms with E-state index in [-0.39, 0.29) is 17.0 Å². The first-order chi connectivity index (χ1) is 9.13. The van der Waals surface area contributed by atoms with Gasteiger partial charge in [-0.05, 0) is 24.1 Å². The average molecular weight is 310 g/mol. The molecule has 8 heteroatoms. The van der Waals surface area contributed by atoms with E-state index in [1.165, 1.54) is 31.2 Å². The summed E-state index contributed by atoms with van der Waals surface area (Å²) >= 11 is 5.71. The van der Waals surface area contributed by atoms with Crippen molar-refractivity contribution in [3.8, 4) is 0 Å². The van der Waals surface area contributed by atoms with Crippen molar-refractivity contribution in [3.63, 3.8) is 0 Å². The maximum absolute atomic E-state index is 12.3. The Morgan fingerprint density at radius 3 is 2.35 bits per heavy atom. The summed E-state index contributed by atoms with van der Waals surface area (Å²) < 4.78 is 37.0. The largest absolute Gasteiger partial charge is 0.479 e. The molecule has 1 rings (SSSR count). The van der Waals surface area contributed by atoms with Crippen molar-refractivity contribution < 1.29 is 27.9 Å². The molecule has 0 aromatic heterocycles. The first kappa shape index (κ1) is 16.3. The fraction of sp³-hybridized carbons (Fsp3) is 0.333. The molecule has 1 aromatic rings. The highest BCUT2D eigenvalue weighted by Crippen LogP contribution is 2.29. The number of halogens is 4. The number of hydrogen-bond donors (Lipinski definition) is 2. The number of carboxylic acids is 1. The number of hydrogen-bond acceptors (Lipinski definition) is 2. The highest BCUT2D eigenvalue weighted by Gasteiger charge is 2.47. The fourth-order valence-electron chi connectivity index (χ4n) is 1.71. The number of carboxylic acid groups (broad SMARTS) is 1. The third-order valence-electron chi connectivity index (χ3n) is 2.80. The molecule has 0 radical (unpaired) electrons. The van der Waals surface area contributed by atoms with Crippen LogP contribution in [0.1, 0.15) is 18.9 Å². The van der Waals surface area contributed by atoms with Crippen LogP contribution < -0.4 is 5.32 Å². The number of nitrogens with one attached hydrogen (secondary N) is 1. The molecule has 0 fully saturated rings. The number of benzene rings is 1. The summed E-state index contributed by atoms with van der Waals surface area (Å²) in [5.74, 6) is -3.92. The second kappa shape index (κ2) is 5.70. The maximum Gasteiger partial charge on any atom is 0.471 e. The maximum atomic E-state index is 12.3. The van der Waals surface area contributed by atoms with Gasteiger partial charge in [-0.3, -0.25) is 4.79 Å². The SMILES string of the molecule is CCC(NC(=O)C(F)(F)F)(C(=O)O)c1cccc(Cl)c1. The minimum Gasteiger partial charge on any atom is -0.479 e. The Balaban J connectivity index is 3.30. The Kier molecular flexibility index (Phi) is 4.65. The van der Waals surface area contributed by atoms with Crippen molar-refractivity contribution in [2.75, 3.05) is 0 Å². The molecule has 0 saturated carbocycles. The van der Waals surface area contributed by atoms with Crippen molar-refractivity contribution in [3.05, 3.63) is 34.9 Å². The van der Waals surface area contributed by atoms with E-state index in [0.29, 0.717) is 0 Å². The molecular weight excluding hydrogens is 299 g/mol. The molecule has 0 aliphatic rings.